The summed E-state index contributed by atoms with van der Waals surface area (Å²) in [4.78, 5) is 2.75. The number of nitrogens with zero attached hydrogens (tertiary/aromatic N) is 1. The highest BCUT2D eigenvalue weighted by Gasteiger charge is 2.34. The third-order valence-electron chi connectivity index (χ3n) is 6.40. The Morgan fingerprint density at radius 1 is 0.952 bits per heavy atom. The molecule has 0 aromatic rings. The first-order chi connectivity index (χ1) is 10.1. The van der Waals surface area contributed by atoms with Crippen LogP contribution in [0.3, 0.4) is 0 Å². The van der Waals surface area contributed by atoms with E-state index in [2.05, 4.69) is 44.8 Å². The van der Waals surface area contributed by atoms with E-state index in [9.17, 15) is 0 Å². The summed E-state index contributed by atoms with van der Waals surface area (Å²) in [6.45, 7) is 18.1. The SMILES string of the molecule is CCCNCC(CC)(CC)CN1CCC(CC)(CC)CC1. The van der Waals surface area contributed by atoms with Gasteiger partial charge in [-0.3, -0.25) is 0 Å². The van der Waals surface area contributed by atoms with Gasteiger partial charge in [0.05, 0.1) is 0 Å². The van der Waals surface area contributed by atoms with Crippen LogP contribution < -0.4 is 5.32 Å². The molecule has 0 bridgehead atoms. The third-order valence-corrected chi connectivity index (χ3v) is 6.40. The minimum absolute atomic E-state index is 0.480. The maximum absolute atomic E-state index is 3.68. The lowest BCUT2D eigenvalue weighted by atomic mass is 9.73. The van der Waals surface area contributed by atoms with Gasteiger partial charge in [0.25, 0.3) is 0 Å². The molecular formula is C19H40N2. The maximum atomic E-state index is 3.68. The van der Waals surface area contributed by atoms with Crippen molar-refractivity contribution in [1.29, 1.82) is 0 Å². The van der Waals surface area contributed by atoms with Gasteiger partial charge in [0.1, 0.15) is 0 Å². The van der Waals surface area contributed by atoms with Gasteiger partial charge in [0.2, 0.25) is 0 Å². The summed E-state index contributed by atoms with van der Waals surface area (Å²) in [5, 5.41) is 3.68. The highest BCUT2D eigenvalue weighted by Crippen LogP contribution is 2.39. The summed E-state index contributed by atoms with van der Waals surface area (Å²) in [7, 11) is 0. The predicted octanol–water partition coefficient (Wildman–Crippen LogP) is 4.69. The molecular weight excluding hydrogens is 256 g/mol. The number of nitrogens with one attached hydrogen (secondary N) is 1. The molecule has 126 valence electrons. The van der Waals surface area contributed by atoms with Crippen LogP contribution >= 0.6 is 0 Å². The summed E-state index contributed by atoms with van der Waals surface area (Å²) >= 11 is 0. The standard InChI is InChI=1S/C19H40N2/c1-6-13-20-16-19(9-4,10-5)17-21-14-11-18(7-2,8-3)12-15-21/h20H,6-17H2,1-5H3. The van der Waals surface area contributed by atoms with E-state index in [0.29, 0.717) is 10.8 Å². The first-order valence-corrected chi connectivity index (χ1v) is 9.52. The number of hydrogen-bond acceptors (Lipinski definition) is 2. The van der Waals surface area contributed by atoms with Gasteiger partial charge in [-0.2, -0.15) is 0 Å². The van der Waals surface area contributed by atoms with Crippen LogP contribution in [0.15, 0.2) is 0 Å². The van der Waals surface area contributed by atoms with Crippen molar-refractivity contribution in [2.75, 3.05) is 32.7 Å². The Balaban J connectivity index is 2.53. The van der Waals surface area contributed by atoms with Gasteiger partial charge in [-0.25, -0.2) is 0 Å². The molecule has 0 saturated carbocycles. The van der Waals surface area contributed by atoms with Crippen molar-refractivity contribution in [3.05, 3.63) is 0 Å². The first kappa shape index (κ1) is 19.0. The van der Waals surface area contributed by atoms with Crippen LogP contribution in [0.1, 0.15) is 79.6 Å². The fourth-order valence-electron chi connectivity index (χ4n) is 3.93. The number of piperidine rings is 1. The molecule has 2 nitrogen and oxygen atoms in total. The molecule has 0 spiro atoms. The minimum Gasteiger partial charge on any atom is -0.316 e. The van der Waals surface area contributed by atoms with Crippen molar-refractivity contribution in [2.24, 2.45) is 10.8 Å². The Morgan fingerprint density at radius 3 is 1.95 bits per heavy atom. The molecule has 1 heterocycles. The van der Waals surface area contributed by atoms with Gasteiger partial charge in [-0.05, 0) is 62.6 Å². The molecule has 1 rings (SSSR count). The average Bonchev–Trinajstić information content (AvgIpc) is 2.55. The molecule has 0 atom stereocenters. The lowest BCUT2D eigenvalue weighted by Gasteiger charge is -2.45. The molecule has 1 N–H and O–H groups in total. The second-order valence-electron chi connectivity index (χ2n) is 7.37. The Morgan fingerprint density at radius 2 is 1.52 bits per heavy atom. The van der Waals surface area contributed by atoms with Crippen molar-refractivity contribution in [3.63, 3.8) is 0 Å². The molecule has 1 aliphatic rings. The van der Waals surface area contributed by atoms with Gasteiger partial charge < -0.3 is 10.2 Å². The predicted molar refractivity (Wildman–Crippen MR) is 94.9 cm³/mol. The van der Waals surface area contributed by atoms with E-state index in [1.54, 1.807) is 0 Å². The molecule has 0 aromatic heterocycles. The van der Waals surface area contributed by atoms with Crippen LogP contribution in [0, 0.1) is 10.8 Å². The lowest BCUT2D eigenvalue weighted by molar-refractivity contribution is 0.0557. The smallest absolute Gasteiger partial charge is 0.00499 e. The average molecular weight is 297 g/mol. The zero-order valence-corrected chi connectivity index (χ0v) is 15.4. The number of likely N-dealkylation sites (tertiary alicyclic amines) is 1. The zero-order valence-electron chi connectivity index (χ0n) is 15.4. The van der Waals surface area contributed by atoms with E-state index in [1.807, 2.05) is 0 Å². The maximum Gasteiger partial charge on any atom is 0.00499 e. The Kier molecular flexibility index (Phi) is 8.26. The fraction of sp³-hybridized carbons (Fsp3) is 1.00. The summed E-state index contributed by atoms with van der Waals surface area (Å²) in [5.41, 5.74) is 1.13. The fourth-order valence-corrected chi connectivity index (χ4v) is 3.93. The zero-order chi connectivity index (χ0) is 15.8. The number of hydrogen-bond donors (Lipinski definition) is 1. The van der Waals surface area contributed by atoms with Crippen molar-refractivity contribution in [2.45, 2.75) is 79.6 Å². The molecule has 0 aliphatic carbocycles. The number of rotatable bonds is 10. The highest BCUT2D eigenvalue weighted by molar-refractivity contribution is 4.88. The molecule has 1 fully saturated rings. The molecule has 1 saturated heterocycles. The van der Waals surface area contributed by atoms with Crippen LogP contribution in [0.4, 0.5) is 0 Å². The van der Waals surface area contributed by atoms with Crippen LogP contribution in [-0.4, -0.2) is 37.6 Å². The molecule has 21 heavy (non-hydrogen) atoms. The van der Waals surface area contributed by atoms with E-state index in [4.69, 9.17) is 0 Å². The van der Waals surface area contributed by atoms with Crippen LogP contribution in [0.25, 0.3) is 0 Å². The van der Waals surface area contributed by atoms with E-state index in [0.717, 1.165) is 6.54 Å². The van der Waals surface area contributed by atoms with Crippen LogP contribution in [0.5, 0.6) is 0 Å². The Labute approximate surface area is 134 Å². The molecule has 0 aromatic carbocycles. The third kappa shape index (κ3) is 5.25. The second kappa shape index (κ2) is 9.15. The first-order valence-electron chi connectivity index (χ1n) is 9.52. The molecule has 2 heteroatoms. The topological polar surface area (TPSA) is 15.3 Å². The summed E-state index contributed by atoms with van der Waals surface area (Å²) in [5.74, 6) is 0. The lowest BCUT2D eigenvalue weighted by Crippen LogP contribution is -2.48. The van der Waals surface area contributed by atoms with E-state index >= 15 is 0 Å². The van der Waals surface area contributed by atoms with Crippen molar-refractivity contribution < 1.29 is 0 Å². The highest BCUT2D eigenvalue weighted by atomic mass is 15.1. The van der Waals surface area contributed by atoms with Gasteiger partial charge in [0.15, 0.2) is 0 Å². The van der Waals surface area contributed by atoms with Crippen LogP contribution in [-0.2, 0) is 0 Å². The molecule has 0 unspecified atom stereocenters. The van der Waals surface area contributed by atoms with Gasteiger partial charge in [0, 0.05) is 13.1 Å². The minimum atomic E-state index is 0.480. The summed E-state index contributed by atoms with van der Waals surface area (Å²) in [6, 6.07) is 0. The van der Waals surface area contributed by atoms with Gasteiger partial charge >= 0.3 is 0 Å². The normalized spacial score (nSPS) is 19.9. The van der Waals surface area contributed by atoms with Crippen molar-refractivity contribution in [1.82, 2.24) is 10.2 Å². The van der Waals surface area contributed by atoms with E-state index < -0.39 is 0 Å². The Hall–Kier alpha value is -0.0800. The molecule has 1 aliphatic heterocycles. The summed E-state index contributed by atoms with van der Waals surface area (Å²) < 4.78 is 0. The van der Waals surface area contributed by atoms with E-state index in [1.165, 1.54) is 71.1 Å². The van der Waals surface area contributed by atoms with Crippen molar-refractivity contribution in [3.8, 4) is 0 Å². The largest absolute Gasteiger partial charge is 0.316 e. The summed E-state index contributed by atoms with van der Waals surface area (Å²) in [6.07, 6.45) is 9.37. The monoisotopic (exact) mass is 296 g/mol. The van der Waals surface area contributed by atoms with Crippen molar-refractivity contribution >= 4 is 0 Å². The quantitative estimate of drug-likeness (QED) is 0.588. The van der Waals surface area contributed by atoms with E-state index in [-0.39, 0.29) is 0 Å². The van der Waals surface area contributed by atoms with Crippen LogP contribution in [0.2, 0.25) is 0 Å². The second-order valence-corrected chi connectivity index (χ2v) is 7.37. The molecule has 0 radical (unpaired) electrons. The molecule has 0 amide bonds. The Bertz CT molecular complexity index is 257. The van der Waals surface area contributed by atoms with Gasteiger partial charge in [-0.1, -0.05) is 47.5 Å². The van der Waals surface area contributed by atoms with Gasteiger partial charge in [-0.15, -0.1) is 0 Å².